The van der Waals surface area contributed by atoms with Crippen molar-refractivity contribution in [2.45, 2.75) is 71.9 Å². The molecular formula is C27H41N7OS. The van der Waals surface area contributed by atoms with Gasteiger partial charge in [0.25, 0.3) is 0 Å². The lowest BCUT2D eigenvalue weighted by Gasteiger charge is -2.33. The van der Waals surface area contributed by atoms with E-state index in [4.69, 9.17) is 10.1 Å². The number of nitrogens with one attached hydrogen (secondary N) is 2. The number of carbonyl (C=O) groups excluding carboxylic acids is 1. The molecule has 4 rings (SSSR count). The molecule has 2 N–H and O–H groups in total. The van der Waals surface area contributed by atoms with E-state index in [1.54, 1.807) is 0 Å². The van der Waals surface area contributed by atoms with Crippen molar-refractivity contribution >= 4 is 33.2 Å². The first-order valence-electron chi connectivity index (χ1n) is 13.1. The van der Waals surface area contributed by atoms with Crippen LogP contribution in [0.4, 0.5) is 10.9 Å². The van der Waals surface area contributed by atoms with E-state index in [1.807, 2.05) is 16.5 Å². The summed E-state index contributed by atoms with van der Waals surface area (Å²) in [6.07, 6.45) is 4.82. The molecule has 2 aromatic heterocycles. The van der Waals surface area contributed by atoms with Gasteiger partial charge in [-0.2, -0.15) is 4.52 Å². The molecule has 3 heterocycles. The number of amides is 1. The quantitative estimate of drug-likeness (QED) is 0.435. The Balaban J connectivity index is 1.46. The number of rotatable bonds is 9. The minimum absolute atomic E-state index is 0.0137. The van der Waals surface area contributed by atoms with Crippen LogP contribution >= 0.6 is 11.3 Å². The van der Waals surface area contributed by atoms with E-state index >= 15 is 0 Å². The summed E-state index contributed by atoms with van der Waals surface area (Å²) < 4.78 is 1.88. The number of hydrogen-bond donors (Lipinski definition) is 2. The molecule has 1 atom stereocenters. The van der Waals surface area contributed by atoms with Crippen LogP contribution in [0.1, 0.15) is 59.4 Å². The fraction of sp³-hybridized carbons (Fsp3) is 0.593. The molecule has 1 amide bonds. The van der Waals surface area contributed by atoms with Crippen LogP contribution in [-0.2, 0) is 11.2 Å². The number of fused-ring (bicyclic) bond motifs is 1. The third-order valence-electron chi connectivity index (χ3n) is 6.69. The molecule has 1 aliphatic rings. The van der Waals surface area contributed by atoms with Crippen molar-refractivity contribution in [1.82, 2.24) is 24.8 Å². The second-order valence-electron chi connectivity index (χ2n) is 10.9. The zero-order chi connectivity index (χ0) is 25.9. The first-order chi connectivity index (χ1) is 17.1. The fourth-order valence-corrected chi connectivity index (χ4v) is 5.49. The topological polar surface area (TPSA) is 77.8 Å². The van der Waals surface area contributed by atoms with E-state index < -0.39 is 0 Å². The predicted octanol–water partition coefficient (Wildman–Crippen LogP) is 4.66. The number of nitrogens with zero attached hydrogens (tertiary/aromatic N) is 5. The molecular weight excluding hydrogens is 470 g/mol. The molecule has 0 saturated carbocycles. The number of aryl methyl sites for hydroxylation is 1. The lowest BCUT2D eigenvalue weighted by Crippen LogP contribution is -2.44. The third-order valence-corrected chi connectivity index (χ3v) is 7.71. The molecule has 0 spiro atoms. The summed E-state index contributed by atoms with van der Waals surface area (Å²) in [4.78, 5) is 22.7. The van der Waals surface area contributed by atoms with Gasteiger partial charge in [0.2, 0.25) is 16.0 Å². The molecule has 1 fully saturated rings. The Kier molecular flexibility index (Phi) is 8.20. The van der Waals surface area contributed by atoms with E-state index in [2.05, 4.69) is 74.4 Å². The SMILES string of the molecule is CCc1ccc(-c2nc3sc(N(C)CC(=O)NCCN4CCCC[C@H]4C)nn3c2NC(C)(C)C)cc1. The number of likely N-dealkylation sites (N-methyl/N-ethyl adjacent to an activating group) is 1. The molecule has 0 aliphatic carbocycles. The standard InChI is InChI=1S/C27H41N7OS/c1-7-20-11-13-21(14-12-20)23-24(30-27(3,4)5)34-25(29-23)36-26(31-34)32(6)18-22(35)28-15-17-33-16-9-8-10-19(33)2/h11-14,19,30H,7-10,15-18H2,1-6H3,(H,28,35)/t19-/m1/s1. The van der Waals surface area contributed by atoms with Crippen LogP contribution in [0.25, 0.3) is 16.2 Å². The van der Waals surface area contributed by atoms with Crippen LogP contribution in [0.2, 0.25) is 0 Å². The third kappa shape index (κ3) is 6.37. The van der Waals surface area contributed by atoms with Gasteiger partial charge in [0.1, 0.15) is 5.69 Å². The maximum atomic E-state index is 12.6. The highest BCUT2D eigenvalue weighted by molar-refractivity contribution is 7.20. The summed E-state index contributed by atoms with van der Waals surface area (Å²) in [6, 6.07) is 9.17. The van der Waals surface area contributed by atoms with Crippen molar-refractivity contribution in [1.29, 1.82) is 0 Å². The maximum absolute atomic E-state index is 12.6. The maximum Gasteiger partial charge on any atom is 0.239 e. The Morgan fingerprint density at radius 2 is 1.97 bits per heavy atom. The Morgan fingerprint density at radius 1 is 1.22 bits per heavy atom. The fourth-order valence-electron chi connectivity index (χ4n) is 4.63. The lowest BCUT2D eigenvalue weighted by molar-refractivity contribution is -0.119. The molecule has 1 aromatic carbocycles. The molecule has 3 aromatic rings. The van der Waals surface area contributed by atoms with Gasteiger partial charge in [-0.15, -0.1) is 5.10 Å². The summed E-state index contributed by atoms with van der Waals surface area (Å²) in [7, 11) is 1.91. The van der Waals surface area contributed by atoms with Crippen molar-refractivity contribution in [3.8, 4) is 11.3 Å². The average Bonchev–Trinajstić information content (AvgIpc) is 3.39. The largest absolute Gasteiger partial charge is 0.364 e. The second kappa shape index (κ2) is 11.2. The number of benzene rings is 1. The number of imidazole rings is 1. The number of likely N-dealkylation sites (tertiary alicyclic amines) is 1. The average molecular weight is 512 g/mol. The number of carbonyl (C=O) groups is 1. The van der Waals surface area contributed by atoms with Crippen molar-refractivity contribution in [2.24, 2.45) is 0 Å². The Hall–Kier alpha value is -2.65. The minimum atomic E-state index is -0.157. The Bertz CT molecular complexity index is 1160. The van der Waals surface area contributed by atoms with Crippen LogP contribution < -0.4 is 15.5 Å². The number of aromatic nitrogens is 3. The summed E-state index contributed by atoms with van der Waals surface area (Å²) in [5, 5.41) is 12.3. The monoisotopic (exact) mass is 511 g/mol. The summed E-state index contributed by atoms with van der Waals surface area (Å²) >= 11 is 1.50. The second-order valence-corrected chi connectivity index (χ2v) is 11.8. The number of anilines is 2. The van der Waals surface area contributed by atoms with Gasteiger partial charge >= 0.3 is 0 Å². The molecule has 1 saturated heterocycles. The highest BCUT2D eigenvalue weighted by atomic mass is 32.1. The minimum Gasteiger partial charge on any atom is -0.364 e. The van der Waals surface area contributed by atoms with Gasteiger partial charge in [-0.3, -0.25) is 9.69 Å². The van der Waals surface area contributed by atoms with Gasteiger partial charge in [0, 0.05) is 37.3 Å². The van der Waals surface area contributed by atoms with E-state index in [9.17, 15) is 4.79 Å². The first-order valence-corrected chi connectivity index (χ1v) is 13.9. The van der Waals surface area contributed by atoms with Crippen LogP contribution in [0.5, 0.6) is 0 Å². The molecule has 196 valence electrons. The van der Waals surface area contributed by atoms with Crippen LogP contribution in [0.3, 0.4) is 0 Å². The predicted molar refractivity (Wildman–Crippen MR) is 150 cm³/mol. The molecule has 0 bridgehead atoms. The highest BCUT2D eigenvalue weighted by Gasteiger charge is 2.23. The number of hydrogen-bond acceptors (Lipinski definition) is 7. The van der Waals surface area contributed by atoms with Gasteiger partial charge in [0.15, 0.2) is 5.82 Å². The molecule has 9 heteroatoms. The van der Waals surface area contributed by atoms with Crippen LogP contribution in [0.15, 0.2) is 24.3 Å². The summed E-state index contributed by atoms with van der Waals surface area (Å²) in [6.45, 7) is 13.8. The van der Waals surface area contributed by atoms with Crippen molar-refractivity contribution in [3.05, 3.63) is 29.8 Å². The molecule has 36 heavy (non-hydrogen) atoms. The lowest BCUT2D eigenvalue weighted by atomic mass is 10.0. The molecule has 0 radical (unpaired) electrons. The van der Waals surface area contributed by atoms with E-state index in [0.717, 1.165) is 46.7 Å². The van der Waals surface area contributed by atoms with Crippen LogP contribution in [-0.4, -0.2) is 70.2 Å². The summed E-state index contributed by atoms with van der Waals surface area (Å²) in [5.74, 6) is 0.887. The van der Waals surface area contributed by atoms with Crippen molar-refractivity contribution < 1.29 is 4.79 Å². The van der Waals surface area contributed by atoms with Gasteiger partial charge in [-0.05, 0) is 59.1 Å². The van der Waals surface area contributed by atoms with Gasteiger partial charge in [-0.25, -0.2) is 4.98 Å². The zero-order valence-corrected chi connectivity index (χ0v) is 23.4. The van der Waals surface area contributed by atoms with E-state index in [0.29, 0.717) is 12.6 Å². The van der Waals surface area contributed by atoms with E-state index in [-0.39, 0.29) is 18.0 Å². The van der Waals surface area contributed by atoms with Gasteiger partial charge in [-0.1, -0.05) is 48.9 Å². The van der Waals surface area contributed by atoms with Crippen molar-refractivity contribution in [2.75, 3.05) is 43.4 Å². The van der Waals surface area contributed by atoms with Crippen LogP contribution in [0, 0.1) is 0 Å². The molecule has 0 unspecified atom stereocenters. The summed E-state index contributed by atoms with van der Waals surface area (Å²) in [5.41, 5.74) is 3.10. The molecule has 8 nitrogen and oxygen atoms in total. The van der Waals surface area contributed by atoms with Gasteiger partial charge in [0.05, 0.1) is 6.54 Å². The Morgan fingerprint density at radius 3 is 2.64 bits per heavy atom. The molecule has 1 aliphatic heterocycles. The smallest absolute Gasteiger partial charge is 0.239 e. The van der Waals surface area contributed by atoms with E-state index in [1.165, 1.54) is 36.2 Å². The van der Waals surface area contributed by atoms with Gasteiger partial charge < -0.3 is 15.5 Å². The highest BCUT2D eigenvalue weighted by Crippen LogP contribution is 2.34. The first kappa shape index (κ1) is 26.4. The Labute approximate surface area is 219 Å². The number of piperidine rings is 1. The normalized spacial score (nSPS) is 16.9. The zero-order valence-electron chi connectivity index (χ0n) is 22.6. The van der Waals surface area contributed by atoms with Crippen molar-refractivity contribution in [3.63, 3.8) is 0 Å².